The third-order valence-electron chi connectivity index (χ3n) is 3.85. The second-order valence-corrected chi connectivity index (χ2v) is 7.49. The zero-order valence-electron chi connectivity index (χ0n) is 15.3. The SMILES string of the molecule is COc1ccccc1-c1nc(COC(=O)CNC(=O)c2ccc(Cl)c(Cl)c2)cs1. The zero-order chi connectivity index (χ0) is 20.8. The van der Waals surface area contributed by atoms with Crippen LogP contribution in [0.15, 0.2) is 47.8 Å². The number of thiazole rings is 1. The summed E-state index contributed by atoms with van der Waals surface area (Å²) in [6, 6.07) is 12.0. The Morgan fingerprint density at radius 2 is 1.93 bits per heavy atom. The minimum absolute atomic E-state index is 0.00707. The summed E-state index contributed by atoms with van der Waals surface area (Å²) in [6.07, 6.45) is 0. The molecule has 1 N–H and O–H groups in total. The first-order chi connectivity index (χ1) is 14.0. The highest BCUT2D eigenvalue weighted by molar-refractivity contribution is 7.13. The first-order valence-corrected chi connectivity index (χ1v) is 10.1. The van der Waals surface area contributed by atoms with Crippen molar-refractivity contribution in [3.8, 4) is 16.3 Å². The number of methoxy groups -OCH3 is 1. The van der Waals surface area contributed by atoms with Gasteiger partial charge in [-0.25, -0.2) is 4.98 Å². The maximum absolute atomic E-state index is 12.1. The van der Waals surface area contributed by atoms with Gasteiger partial charge >= 0.3 is 5.97 Å². The molecule has 9 heteroatoms. The molecule has 1 heterocycles. The molecule has 0 bridgehead atoms. The van der Waals surface area contributed by atoms with Crippen LogP contribution in [-0.2, 0) is 16.1 Å². The number of hydrogen-bond donors (Lipinski definition) is 1. The molecule has 1 amide bonds. The topological polar surface area (TPSA) is 77.5 Å². The van der Waals surface area contributed by atoms with Crippen LogP contribution in [0.1, 0.15) is 16.1 Å². The lowest BCUT2D eigenvalue weighted by molar-refractivity contribution is -0.143. The molecule has 0 aliphatic carbocycles. The highest BCUT2D eigenvalue weighted by Crippen LogP contribution is 2.32. The standard InChI is InChI=1S/C20H16Cl2N2O4S/c1-27-17-5-3-2-4-14(17)20-24-13(11-29-20)10-28-18(25)9-23-19(26)12-6-7-15(21)16(22)8-12/h2-8,11H,9-10H2,1H3,(H,23,26). The van der Waals surface area contributed by atoms with Gasteiger partial charge < -0.3 is 14.8 Å². The van der Waals surface area contributed by atoms with E-state index in [1.54, 1.807) is 7.11 Å². The monoisotopic (exact) mass is 450 g/mol. The smallest absolute Gasteiger partial charge is 0.325 e. The number of ether oxygens (including phenoxy) is 2. The lowest BCUT2D eigenvalue weighted by atomic mass is 10.2. The summed E-state index contributed by atoms with van der Waals surface area (Å²) < 4.78 is 10.5. The summed E-state index contributed by atoms with van der Waals surface area (Å²) in [5.41, 5.74) is 1.78. The molecule has 0 saturated heterocycles. The van der Waals surface area contributed by atoms with Gasteiger partial charge in [0.2, 0.25) is 0 Å². The number of esters is 1. The van der Waals surface area contributed by atoms with Crippen molar-refractivity contribution in [3.05, 3.63) is 69.1 Å². The summed E-state index contributed by atoms with van der Waals surface area (Å²) in [5, 5.41) is 5.66. The zero-order valence-corrected chi connectivity index (χ0v) is 17.6. The van der Waals surface area contributed by atoms with Gasteiger partial charge in [-0.15, -0.1) is 11.3 Å². The van der Waals surface area contributed by atoms with Gasteiger partial charge in [0.25, 0.3) is 5.91 Å². The lowest BCUT2D eigenvalue weighted by Crippen LogP contribution is -2.30. The number of benzene rings is 2. The second-order valence-electron chi connectivity index (χ2n) is 5.82. The summed E-state index contributed by atoms with van der Waals surface area (Å²) in [5.74, 6) is -0.312. The first-order valence-electron chi connectivity index (χ1n) is 8.44. The van der Waals surface area contributed by atoms with Crippen molar-refractivity contribution < 1.29 is 19.1 Å². The first kappa shape index (κ1) is 21.1. The number of carbonyl (C=O) groups is 2. The number of hydrogen-bond acceptors (Lipinski definition) is 6. The Labute approximate surface area is 181 Å². The van der Waals surface area contributed by atoms with Gasteiger partial charge in [-0.3, -0.25) is 9.59 Å². The van der Waals surface area contributed by atoms with E-state index in [0.29, 0.717) is 16.3 Å². The van der Waals surface area contributed by atoms with Crippen molar-refractivity contribution in [1.29, 1.82) is 0 Å². The van der Waals surface area contributed by atoms with Gasteiger partial charge in [0.1, 0.15) is 23.9 Å². The van der Waals surface area contributed by atoms with Crippen molar-refractivity contribution in [1.82, 2.24) is 10.3 Å². The number of halogens is 2. The van der Waals surface area contributed by atoms with Gasteiger partial charge in [0.05, 0.1) is 28.4 Å². The molecule has 0 fully saturated rings. The molecule has 3 rings (SSSR count). The predicted octanol–water partition coefficient (Wildman–Crippen LogP) is 4.60. The number of carbonyl (C=O) groups excluding carboxylic acids is 2. The van der Waals surface area contributed by atoms with E-state index in [4.69, 9.17) is 32.7 Å². The largest absolute Gasteiger partial charge is 0.496 e. The second kappa shape index (κ2) is 9.73. The van der Waals surface area contributed by atoms with E-state index < -0.39 is 11.9 Å². The Bertz CT molecular complexity index is 1040. The summed E-state index contributed by atoms with van der Waals surface area (Å²) in [7, 11) is 1.60. The fraction of sp³-hybridized carbons (Fsp3) is 0.150. The number of aromatic nitrogens is 1. The minimum Gasteiger partial charge on any atom is -0.496 e. The van der Waals surface area contributed by atoms with Crippen molar-refractivity contribution in [2.75, 3.05) is 13.7 Å². The number of para-hydroxylation sites is 1. The fourth-order valence-corrected chi connectivity index (χ4v) is 3.55. The Hall–Kier alpha value is -2.61. The van der Waals surface area contributed by atoms with Crippen LogP contribution in [-0.4, -0.2) is 30.5 Å². The Morgan fingerprint density at radius 1 is 1.14 bits per heavy atom. The molecule has 0 saturated carbocycles. The van der Waals surface area contributed by atoms with Gasteiger partial charge in [0.15, 0.2) is 0 Å². The average molecular weight is 451 g/mol. The Morgan fingerprint density at radius 3 is 2.69 bits per heavy atom. The maximum Gasteiger partial charge on any atom is 0.325 e. The molecule has 6 nitrogen and oxygen atoms in total. The highest BCUT2D eigenvalue weighted by atomic mass is 35.5. The van der Waals surface area contributed by atoms with Crippen LogP contribution in [0.2, 0.25) is 10.0 Å². The third kappa shape index (κ3) is 5.47. The quantitative estimate of drug-likeness (QED) is 0.532. The molecule has 0 unspecified atom stereocenters. The Balaban J connectivity index is 1.51. The number of rotatable bonds is 7. The summed E-state index contributed by atoms with van der Waals surface area (Å²) in [6.45, 7) is -0.268. The molecule has 3 aromatic rings. The molecular formula is C20H16Cl2N2O4S. The Kier molecular flexibility index (Phi) is 7.09. The van der Waals surface area contributed by atoms with Gasteiger partial charge in [-0.05, 0) is 30.3 Å². The van der Waals surface area contributed by atoms with E-state index in [0.717, 1.165) is 16.3 Å². The van der Waals surface area contributed by atoms with Gasteiger partial charge in [-0.2, -0.15) is 0 Å². The van der Waals surface area contributed by atoms with Crippen molar-refractivity contribution in [2.24, 2.45) is 0 Å². The van der Waals surface area contributed by atoms with Crippen LogP contribution in [0.25, 0.3) is 10.6 Å². The van der Waals surface area contributed by atoms with E-state index in [1.165, 1.54) is 29.5 Å². The van der Waals surface area contributed by atoms with Crippen LogP contribution in [0.5, 0.6) is 5.75 Å². The normalized spacial score (nSPS) is 10.4. The molecule has 1 aromatic heterocycles. The van der Waals surface area contributed by atoms with E-state index >= 15 is 0 Å². The van der Waals surface area contributed by atoms with E-state index in [1.807, 2.05) is 29.6 Å². The maximum atomic E-state index is 12.1. The van der Waals surface area contributed by atoms with E-state index in [2.05, 4.69) is 10.3 Å². The van der Waals surface area contributed by atoms with Crippen LogP contribution >= 0.6 is 34.5 Å². The lowest BCUT2D eigenvalue weighted by Gasteiger charge is -2.06. The number of nitrogens with zero attached hydrogens (tertiary/aromatic N) is 1. The average Bonchev–Trinajstić information content (AvgIpc) is 3.21. The minimum atomic E-state index is -0.578. The van der Waals surface area contributed by atoms with E-state index in [-0.39, 0.29) is 18.2 Å². The number of amides is 1. The highest BCUT2D eigenvalue weighted by Gasteiger charge is 2.13. The van der Waals surface area contributed by atoms with Crippen molar-refractivity contribution >= 4 is 46.4 Å². The third-order valence-corrected chi connectivity index (χ3v) is 5.51. The fourth-order valence-electron chi connectivity index (χ4n) is 2.42. The predicted molar refractivity (Wildman–Crippen MR) is 113 cm³/mol. The molecule has 0 spiro atoms. The number of nitrogens with one attached hydrogen (secondary N) is 1. The molecule has 0 radical (unpaired) electrons. The molecule has 150 valence electrons. The van der Waals surface area contributed by atoms with Gasteiger partial charge in [-0.1, -0.05) is 35.3 Å². The van der Waals surface area contributed by atoms with Crippen molar-refractivity contribution in [2.45, 2.75) is 6.61 Å². The van der Waals surface area contributed by atoms with Gasteiger partial charge in [0, 0.05) is 10.9 Å². The molecule has 29 heavy (non-hydrogen) atoms. The van der Waals surface area contributed by atoms with Crippen LogP contribution < -0.4 is 10.1 Å². The molecular weight excluding hydrogens is 435 g/mol. The molecule has 0 aliphatic rings. The summed E-state index contributed by atoms with van der Waals surface area (Å²) in [4.78, 5) is 28.5. The van der Waals surface area contributed by atoms with Crippen LogP contribution in [0, 0.1) is 0 Å². The summed E-state index contributed by atoms with van der Waals surface area (Å²) >= 11 is 13.1. The van der Waals surface area contributed by atoms with E-state index in [9.17, 15) is 9.59 Å². The molecule has 0 atom stereocenters. The molecule has 2 aromatic carbocycles. The van der Waals surface area contributed by atoms with Crippen LogP contribution in [0.3, 0.4) is 0 Å². The van der Waals surface area contributed by atoms with Crippen LogP contribution in [0.4, 0.5) is 0 Å². The molecule has 0 aliphatic heterocycles. The van der Waals surface area contributed by atoms with Crippen molar-refractivity contribution in [3.63, 3.8) is 0 Å².